The summed E-state index contributed by atoms with van der Waals surface area (Å²) in [6.07, 6.45) is 3.55. The molecule has 2 aromatic heterocycles. The van der Waals surface area contributed by atoms with Crippen LogP contribution in [0.25, 0.3) is 10.9 Å². The lowest BCUT2D eigenvalue weighted by molar-refractivity contribution is 0.0768. The van der Waals surface area contributed by atoms with E-state index in [9.17, 15) is 9.59 Å². The van der Waals surface area contributed by atoms with Gasteiger partial charge in [0.15, 0.2) is 5.82 Å². The van der Waals surface area contributed by atoms with Crippen LogP contribution in [0.2, 0.25) is 5.02 Å². The van der Waals surface area contributed by atoms with Gasteiger partial charge in [0.25, 0.3) is 5.91 Å². The Labute approximate surface area is 147 Å². The minimum atomic E-state index is -0.413. The third kappa shape index (κ3) is 3.02. The topological polar surface area (TPSA) is 92.1 Å². The van der Waals surface area contributed by atoms with Crippen LogP contribution in [0.1, 0.15) is 40.8 Å². The molecule has 1 aliphatic carbocycles. The number of fused-ring (bicyclic) bond motifs is 1. The Kier molecular flexibility index (Phi) is 3.80. The molecular formula is C17H15ClN4O3. The molecule has 0 bridgehead atoms. The molecule has 1 fully saturated rings. The molecule has 1 saturated carbocycles. The third-order valence-corrected chi connectivity index (χ3v) is 4.45. The molecule has 1 N–H and O–H groups in total. The highest BCUT2D eigenvalue weighted by Crippen LogP contribution is 2.38. The van der Waals surface area contributed by atoms with Crippen molar-refractivity contribution in [2.24, 2.45) is 0 Å². The Morgan fingerprint density at radius 2 is 2.24 bits per heavy atom. The number of nitrogens with one attached hydrogen (secondary N) is 1. The number of hydrogen-bond donors (Lipinski definition) is 1. The summed E-state index contributed by atoms with van der Waals surface area (Å²) in [5, 5.41) is 4.86. The summed E-state index contributed by atoms with van der Waals surface area (Å²) in [5.74, 6) is 1.02. The Bertz CT molecular complexity index is 1020. The number of H-pyrrole nitrogens is 1. The fraction of sp³-hybridized carbons (Fsp3) is 0.294. The van der Waals surface area contributed by atoms with Crippen LogP contribution in [-0.4, -0.2) is 33.0 Å². The summed E-state index contributed by atoms with van der Waals surface area (Å²) in [6.45, 7) is 0.149. The SMILES string of the molecule is CN(Cc1nc(C2CC2)no1)C(=O)c1c[nH]c2cc(Cl)ccc2c1=O. The molecule has 8 heteroatoms. The molecule has 0 atom stereocenters. The summed E-state index contributed by atoms with van der Waals surface area (Å²) < 4.78 is 5.18. The molecule has 2 heterocycles. The maximum atomic E-state index is 12.6. The van der Waals surface area contributed by atoms with E-state index in [1.165, 1.54) is 11.1 Å². The van der Waals surface area contributed by atoms with Crippen LogP contribution in [0, 0.1) is 0 Å². The number of halogens is 1. The second kappa shape index (κ2) is 6.00. The van der Waals surface area contributed by atoms with Crippen molar-refractivity contribution in [3.05, 3.63) is 56.9 Å². The Morgan fingerprint density at radius 1 is 1.44 bits per heavy atom. The highest BCUT2D eigenvalue weighted by atomic mass is 35.5. The molecule has 0 aliphatic heterocycles. The van der Waals surface area contributed by atoms with Crippen molar-refractivity contribution < 1.29 is 9.32 Å². The van der Waals surface area contributed by atoms with Crippen LogP contribution in [0.5, 0.6) is 0 Å². The van der Waals surface area contributed by atoms with E-state index in [1.54, 1.807) is 25.2 Å². The third-order valence-electron chi connectivity index (χ3n) is 4.22. The summed E-state index contributed by atoms with van der Waals surface area (Å²) in [5.41, 5.74) is 0.299. The minimum absolute atomic E-state index is 0.0549. The number of carbonyl (C=O) groups excluding carboxylic acids is 1. The van der Waals surface area contributed by atoms with Gasteiger partial charge in [-0.15, -0.1) is 0 Å². The van der Waals surface area contributed by atoms with Crippen LogP contribution >= 0.6 is 11.6 Å². The molecule has 3 aromatic rings. The summed E-state index contributed by atoms with van der Waals surface area (Å²) in [4.78, 5) is 33.8. The molecule has 128 valence electrons. The molecule has 1 aliphatic rings. The molecular weight excluding hydrogens is 344 g/mol. The first kappa shape index (κ1) is 15.8. The van der Waals surface area contributed by atoms with Gasteiger partial charge in [0.2, 0.25) is 11.3 Å². The first-order valence-corrected chi connectivity index (χ1v) is 8.29. The first-order chi connectivity index (χ1) is 12.0. The van der Waals surface area contributed by atoms with Gasteiger partial charge in [-0.25, -0.2) is 0 Å². The van der Waals surface area contributed by atoms with E-state index in [0.717, 1.165) is 12.8 Å². The number of aromatic amines is 1. The van der Waals surface area contributed by atoms with Crippen molar-refractivity contribution in [1.29, 1.82) is 0 Å². The van der Waals surface area contributed by atoms with Gasteiger partial charge >= 0.3 is 0 Å². The fourth-order valence-electron chi connectivity index (χ4n) is 2.67. The lowest BCUT2D eigenvalue weighted by Crippen LogP contribution is -2.30. The van der Waals surface area contributed by atoms with Gasteiger partial charge in [-0.2, -0.15) is 4.98 Å². The van der Waals surface area contributed by atoms with Crippen molar-refractivity contribution in [1.82, 2.24) is 20.0 Å². The van der Waals surface area contributed by atoms with Gasteiger partial charge in [-0.1, -0.05) is 16.8 Å². The van der Waals surface area contributed by atoms with Crippen LogP contribution < -0.4 is 5.43 Å². The second-order valence-corrected chi connectivity index (χ2v) is 6.64. The number of carbonyl (C=O) groups is 1. The average molecular weight is 359 g/mol. The van der Waals surface area contributed by atoms with Crippen molar-refractivity contribution in [3.8, 4) is 0 Å². The average Bonchev–Trinajstić information content (AvgIpc) is 3.34. The number of aromatic nitrogens is 3. The van der Waals surface area contributed by atoms with E-state index < -0.39 is 5.91 Å². The summed E-state index contributed by atoms with van der Waals surface area (Å²) in [7, 11) is 1.59. The normalized spacial score (nSPS) is 14.0. The van der Waals surface area contributed by atoms with Gasteiger partial charge in [0.1, 0.15) is 5.56 Å². The molecule has 0 unspecified atom stereocenters. The molecule has 4 rings (SSSR count). The maximum Gasteiger partial charge on any atom is 0.259 e. The Morgan fingerprint density at radius 3 is 3.00 bits per heavy atom. The smallest absolute Gasteiger partial charge is 0.259 e. The minimum Gasteiger partial charge on any atom is -0.360 e. The van der Waals surface area contributed by atoms with Gasteiger partial charge in [-0.3, -0.25) is 9.59 Å². The van der Waals surface area contributed by atoms with Gasteiger partial charge in [0.05, 0.1) is 12.1 Å². The van der Waals surface area contributed by atoms with Gasteiger partial charge in [0, 0.05) is 29.6 Å². The van der Waals surface area contributed by atoms with Crippen LogP contribution in [0.4, 0.5) is 0 Å². The van der Waals surface area contributed by atoms with Crippen molar-refractivity contribution in [2.45, 2.75) is 25.3 Å². The number of amides is 1. The van der Waals surface area contributed by atoms with E-state index in [4.69, 9.17) is 16.1 Å². The quantitative estimate of drug-likeness (QED) is 0.774. The zero-order valence-corrected chi connectivity index (χ0v) is 14.2. The zero-order valence-electron chi connectivity index (χ0n) is 13.5. The molecule has 0 radical (unpaired) electrons. The first-order valence-electron chi connectivity index (χ1n) is 7.92. The number of rotatable bonds is 4. The fourth-order valence-corrected chi connectivity index (χ4v) is 2.85. The van der Waals surface area contributed by atoms with Gasteiger partial charge in [-0.05, 0) is 31.0 Å². The number of benzene rings is 1. The highest BCUT2D eigenvalue weighted by molar-refractivity contribution is 6.31. The van der Waals surface area contributed by atoms with Crippen molar-refractivity contribution in [2.75, 3.05) is 7.05 Å². The van der Waals surface area contributed by atoms with Crippen LogP contribution in [0.3, 0.4) is 0 Å². The lowest BCUT2D eigenvalue weighted by atomic mass is 10.1. The van der Waals surface area contributed by atoms with Crippen molar-refractivity contribution >= 4 is 28.4 Å². The van der Waals surface area contributed by atoms with Crippen LogP contribution in [-0.2, 0) is 6.54 Å². The van der Waals surface area contributed by atoms with Crippen molar-refractivity contribution in [3.63, 3.8) is 0 Å². The van der Waals surface area contributed by atoms with Gasteiger partial charge < -0.3 is 14.4 Å². The molecule has 0 spiro atoms. The summed E-state index contributed by atoms with van der Waals surface area (Å²) >= 11 is 5.92. The Hall–Kier alpha value is -2.67. The standard InChI is InChI=1S/C17H15ClN4O3/c1-22(8-14-20-16(21-25-14)9-2-3-9)17(24)12-7-19-13-6-10(18)4-5-11(13)15(12)23/h4-7,9H,2-3,8H2,1H3,(H,19,23). The molecule has 1 aromatic carbocycles. The number of pyridine rings is 1. The molecule has 1 amide bonds. The number of hydrogen-bond acceptors (Lipinski definition) is 5. The molecule has 25 heavy (non-hydrogen) atoms. The maximum absolute atomic E-state index is 12.6. The van der Waals surface area contributed by atoms with E-state index >= 15 is 0 Å². The summed E-state index contributed by atoms with van der Waals surface area (Å²) in [6, 6.07) is 4.87. The predicted molar refractivity (Wildman–Crippen MR) is 91.6 cm³/mol. The lowest BCUT2D eigenvalue weighted by Gasteiger charge is -2.14. The second-order valence-electron chi connectivity index (χ2n) is 6.20. The van der Waals surface area contributed by atoms with E-state index in [2.05, 4.69) is 15.1 Å². The largest absolute Gasteiger partial charge is 0.360 e. The monoisotopic (exact) mass is 358 g/mol. The van der Waals surface area contributed by atoms with E-state index in [0.29, 0.717) is 33.6 Å². The van der Waals surface area contributed by atoms with E-state index in [1.807, 2.05) is 0 Å². The number of nitrogens with zero attached hydrogens (tertiary/aromatic N) is 3. The molecule has 0 saturated heterocycles. The predicted octanol–water partition coefficient (Wildman–Crippen LogP) is 2.71. The zero-order chi connectivity index (χ0) is 17.6. The Balaban J connectivity index is 1.58. The molecule has 7 nitrogen and oxygen atoms in total. The van der Waals surface area contributed by atoms with Crippen LogP contribution in [0.15, 0.2) is 33.7 Å². The highest BCUT2D eigenvalue weighted by Gasteiger charge is 2.29. The van der Waals surface area contributed by atoms with E-state index in [-0.39, 0.29) is 17.5 Å².